The van der Waals surface area contributed by atoms with E-state index in [1.54, 1.807) is 31.1 Å². The summed E-state index contributed by atoms with van der Waals surface area (Å²) in [5.74, 6) is 6.01. The summed E-state index contributed by atoms with van der Waals surface area (Å²) in [6.07, 6.45) is 12.3. The molecule has 6 aliphatic heterocycles. The van der Waals surface area contributed by atoms with Crippen molar-refractivity contribution in [1.82, 2.24) is 29.9 Å². The van der Waals surface area contributed by atoms with E-state index in [0.29, 0.717) is 0 Å². The molecule has 0 saturated carbocycles. The molecule has 3 radical (unpaired) electrons. The number of nitrogens with zero attached hydrogens (tertiary/aromatic N) is 20. The van der Waals surface area contributed by atoms with Gasteiger partial charge in [0.2, 0.25) is 0 Å². The van der Waals surface area contributed by atoms with Crippen molar-refractivity contribution in [1.29, 1.82) is 0 Å². The van der Waals surface area contributed by atoms with Gasteiger partial charge in [0.25, 0.3) is 0 Å². The van der Waals surface area contributed by atoms with Crippen molar-refractivity contribution in [2.24, 2.45) is 10.2 Å². The second kappa shape index (κ2) is 43.0. The van der Waals surface area contributed by atoms with Crippen LogP contribution >= 0.6 is 0 Å². The molecule has 0 bridgehead atoms. The minimum absolute atomic E-state index is 0. The number of para-hydroxylation sites is 10. The summed E-state index contributed by atoms with van der Waals surface area (Å²) in [7, 11) is 3.93. The van der Waals surface area contributed by atoms with Crippen molar-refractivity contribution in [3.8, 4) is 0 Å². The standard InChI is InChI=1S/C21H16N2.2C20H15N3.C17H12N4.2C12H10N4.3Ir/c1-4-10-18(11-5-1)21-16-22(19-12-6-2-7-13-19)17-23(21)20-14-8-3-9-15-20;2*1-4-10-17(11-5-1)20-21-23(19-14-8-3-9-15-19)16-22(20)18-12-6-2-7-13-18;1-3-7-14(8-4-1)20-13-21(15-9-5-2-6-10-15)17-16(20)18-11-12-19-17;1-15-9-16(10-5-3-2-4-6-10)12-11(15)7-13-8-14-12;1-15-9-16(10-5-3-2-4-6-10)12-11(15)13-7-8-14-12;;;/h1-12,14-17H;2*1-14,16H;1-9,11-13H;2*2-5,7-9H,1H3;;;/q6*-2;;;. The van der Waals surface area contributed by atoms with Gasteiger partial charge in [-0.2, -0.15) is 187 Å². The normalized spacial score (nSPS) is 13.6. The second-order valence-electron chi connectivity index (χ2n) is 27.5. The van der Waals surface area contributed by atoms with Crippen LogP contribution in [0.1, 0.15) is 16.7 Å². The third-order valence-corrected chi connectivity index (χ3v) is 19.5. The summed E-state index contributed by atoms with van der Waals surface area (Å²) in [6, 6.07) is 138. The zero-order chi connectivity index (χ0) is 82.4. The Hall–Kier alpha value is -14.3. The van der Waals surface area contributed by atoms with Gasteiger partial charge in [-0.25, -0.2) is 29.9 Å². The third-order valence-electron chi connectivity index (χ3n) is 19.5. The van der Waals surface area contributed by atoms with Crippen LogP contribution in [0.3, 0.4) is 0 Å². The Morgan fingerprint density at radius 3 is 0.984 bits per heavy atom. The molecule has 9 heterocycles. The number of fused-ring (bicyclic) bond motifs is 3. The van der Waals surface area contributed by atoms with Crippen molar-refractivity contribution in [2.75, 3.05) is 73.1 Å². The Labute approximate surface area is 771 Å². The molecule has 0 saturated heterocycles. The van der Waals surface area contributed by atoms with Crippen LogP contribution in [0.4, 0.5) is 91.7 Å². The van der Waals surface area contributed by atoms with E-state index in [2.05, 4.69) is 202 Å². The Morgan fingerprint density at radius 1 is 0.256 bits per heavy atom. The van der Waals surface area contributed by atoms with E-state index in [9.17, 15) is 0 Å². The van der Waals surface area contributed by atoms with E-state index in [4.69, 9.17) is 10.2 Å². The van der Waals surface area contributed by atoms with Crippen LogP contribution in [-0.2, 0) is 60.3 Å². The number of hydrogen-bond acceptors (Lipinski definition) is 20. The molecule has 23 heteroatoms. The molecule has 16 aromatic rings. The fraction of sp³-hybridized carbons (Fsp3) is 0.0196. The molecule has 0 N–H and O–H groups in total. The molecule has 125 heavy (non-hydrogen) atoms. The first kappa shape index (κ1) is 87.1. The number of hydrogen-bond donors (Lipinski definition) is 0. The summed E-state index contributed by atoms with van der Waals surface area (Å²) < 4.78 is 0. The van der Waals surface area contributed by atoms with E-state index >= 15 is 0 Å². The van der Waals surface area contributed by atoms with Crippen LogP contribution in [-0.4, -0.2) is 55.7 Å². The Balaban J connectivity index is 0.000000122. The molecule has 0 spiro atoms. The maximum atomic E-state index is 4.78. The first-order valence-corrected chi connectivity index (χ1v) is 39.4. The monoisotopic (exact) mass is 2160 g/mol. The molecule has 20 nitrogen and oxygen atoms in total. The van der Waals surface area contributed by atoms with Gasteiger partial charge in [-0.3, -0.25) is 0 Å². The summed E-state index contributed by atoms with van der Waals surface area (Å²) in [5.41, 5.74) is 15.6. The van der Waals surface area contributed by atoms with Gasteiger partial charge in [0.1, 0.15) is 47.1 Å². The van der Waals surface area contributed by atoms with Crippen LogP contribution in [0.5, 0.6) is 0 Å². The van der Waals surface area contributed by atoms with E-state index in [1.807, 2.05) is 348 Å². The number of anilines is 16. The van der Waals surface area contributed by atoms with Crippen LogP contribution in [0, 0.1) is 76.4 Å². The number of benzene rings is 13. The topological polar surface area (TPSA) is 141 Å². The fourth-order valence-corrected chi connectivity index (χ4v) is 13.7. The predicted octanol–water partition coefficient (Wildman–Crippen LogP) is 21.2. The zero-order valence-electron chi connectivity index (χ0n) is 67.5. The number of aromatic nitrogens is 6. The summed E-state index contributed by atoms with van der Waals surface area (Å²) >= 11 is 0. The molecule has 0 fully saturated rings. The minimum Gasteiger partial charge on any atom is -0.501 e. The molecule has 13 aromatic carbocycles. The van der Waals surface area contributed by atoms with Gasteiger partial charge in [-0.15, -0.1) is 68.2 Å². The van der Waals surface area contributed by atoms with E-state index in [1.165, 1.54) is 5.56 Å². The maximum Gasteiger partial charge on any atom is 0.145 e. The Bertz CT molecular complexity index is 5580. The first-order valence-electron chi connectivity index (χ1n) is 39.4. The van der Waals surface area contributed by atoms with Crippen molar-refractivity contribution in [3.05, 3.63) is 495 Å². The largest absolute Gasteiger partial charge is 0.501 e. The minimum atomic E-state index is 0. The number of rotatable bonds is 13. The SMILES string of the molecule is CN1[CH-]N(c2[c-]cccc2)c2nccnc21.CN1[CH-]N(c2[c-]cccc2)c2ncncc21.[Ir].[Ir].[Ir].[c-]1ccccc1N1C=C(c2ccccc2)N(c2ccccc2)[CH-]1.[c-]1ccccc1N1[CH-]N(c2ccccc2)C(c2ccccc2)=N1.[c-]1ccccc1N1[CH-]N(c2ccccc2)C(c2ccccc2)=N1.[c-]1ccccc1N1[CH-]N(c2ccccc2)c2nccnc21. The predicted molar refractivity (Wildman–Crippen MR) is 490 cm³/mol. The van der Waals surface area contributed by atoms with Gasteiger partial charge in [0, 0.05) is 125 Å². The smallest absolute Gasteiger partial charge is 0.145 e. The van der Waals surface area contributed by atoms with Gasteiger partial charge >= 0.3 is 0 Å². The van der Waals surface area contributed by atoms with E-state index in [-0.39, 0.29) is 60.3 Å². The van der Waals surface area contributed by atoms with Gasteiger partial charge in [0.15, 0.2) is 0 Å². The fourth-order valence-electron chi connectivity index (χ4n) is 13.7. The van der Waals surface area contributed by atoms with Gasteiger partial charge in [-0.05, 0) is 74.4 Å². The molecule has 0 atom stereocenters. The molecular weight excluding hydrogens is 2080 g/mol. The maximum absolute atomic E-state index is 4.78. The average molecular weight is 2160 g/mol. The number of hydrazone groups is 2. The van der Waals surface area contributed by atoms with Crippen LogP contribution in [0.25, 0.3) is 5.70 Å². The molecule has 0 unspecified atom stereocenters. The molecule has 22 rings (SSSR count). The third kappa shape index (κ3) is 20.9. The van der Waals surface area contributed by atoms with Gasteiger partial charge < -0.3 is 59.0 Å². The summed E-state index contributed by atoms with van der Waals surface area (Å²) in [6.45, 7) is 12.0. The molecule has 6 aliphatic rings. The van der Waals surface area contributed by atoms with Crippen molar-refractivity contribution in [3.63, 3.8) is 0 Å². The second-order valence-corrected chi connectivity index (χ2v) is 27.5. The van der Waals surface area contributed by atoms with E-state index < -0.39 is 0 Å². The quantitative estimate of drug-likeness (QED) is 0.101. The van der Waals surface area contributed by atoms with Gasteiger partial charge in [-0.1, -0.05) is 175 Å². The molecule has 625 valence electrons. The Morgan fingerprint density at radius 2 is 0.576 bits per heavy atom. The molecule has 3 aromatic heterocycles. The van der Waals surface area contributed by atoms with Gasteiger partial charge in [0.05, 0.1) is 11.9 Å². The van der Waals surface area contributed by atoms with Crippen molar-refractivity contribution >= 4 is 109 Å². The van der Waals surface area contributed by atoms with E-state index in [0.717, 1.165) is 120 Å². The Kier molecular flexibility index (Phi) is 29.9. The summed E-state index contributed by atoms with van der Waals surface area (Å²) in [5, 5.41) is 13.3. The molecule has 0 amide bonds. The zero-order valence-corrected chi connectivity index (χ0v) is 74.7. The number of amidine groups is 2. The molecular formula is C102H78Ir3N20-12. The summed E-state index contributed by atoms with van der Waals surface area (Å²) in [4.78, 5) is 46.3. The van der Waals surface area contributed by atoms with Crippen LogP contribution in [0.15, 0.2) is 412 Å². The van der Waals surface area contributed by atoms with Crippen molar-refractivity contribution < 1.29 is 60.3 Å². The molecule has 0 aliphatic carbocycles. The van der Waals surface area contributed by atoms with Crippen molar-refractivity contribution in [2.45, 2.75) is 0 Å². The van der Waals surface area contributed by atoms with Crippen LogP contribution in [0.2, 0.25) is 0 Å². The van der Waals surface area contributed by atoms with Crippen LogP contribution < -0.4 is 59.0 Å². The first-order chi connectivity index (χ1) is 60.4. The average Bonchev–Trinajstić information content (AvgIpc) is 1.62.